The van der Waals surface area contributed by atoms with E-state index < -0.39 is 0 Å². The molecule has 0 amide bonds. The lowest BCUT2D eigenvalue weighted by Crippen LogP contribution is -1.93. The second-order valence-electron chi connectivity index (χ2n) is 2.83. The molecule has 1 aromatic carbocycles. The van der Waals surface area contributed by atoms with Crippen molar-refractivity contribution < 1.29 is 0 Å². The fraction of sp³-hybridized carbons (Fsp3) is 0. The van der Waals surface area contributed by atoms with E-state index in [2.05, 4.69) is 15.5 Å². The largest absolute Gasteiger partial charge is 0.382 e. The summed E-state index contributed by atoms with van der Waals surface area (Å²) >= 11 is 5.83. The number of benzene rings is 1. The third-order valence-corrected chi connectivity index (χ3v) is 2.01. The Bertz CT molecular complexity index is 438. The number of aromatic nitrogens is 2. The fourth-order valence-corrected chi connectivity index (χ4v) is 1.31. The van der Waals surface area contributed by atoms with E-state index in [9.17, 15) is 0 Å². The minimum Gasteiger partial charge on any atom is -0.382 e. The highest BCUT2D eigenvalue weighted by Gasteiger charge is 2.00. The molecule has 0 aliphatic heterocycles. The second-order valence-corrected chi connectivity index (χ2v) is 3.27. The molecule has 0 saturated carbocycles. The van der Waals surface area contributed by atoms with Gasteiger partial charge in [0.25, 0.3) is 0 Å². The summed E-state index contributed by atoms with van der Waals surface area (Å²) in [5.41, 5.74) is 7.24. The Labute approximate surface area is 86.1 Å². The molecule has 0 aliphatic carbocycles. The number of nitrogens with one attached hydrogen (secondary N) is 2. The van der Waals surface area contributed by atoms with E-state index >= 15 is 0 Å². The smallest absolute Gasteiger partial charge is 0.143 e. The molecule has 0 radical (unpaired) electrons. The van der Waals surface area contributed by atoms with Gasteiger partial charge in [-0.15, -0.1) is 0 Å². The number of halogens is 1. The minimum absolute atomic E-state index is 0.505. The van der Waals surface area contributed by atoms with Gasteiger partial charge in [-0.05, 0) is 18.2 Å². The van der Waals surface area contributed by atoms with Crippen LogP contribution in [0.15, 0.2) is 30.5 Å². The van der Waals surface area contributed by atoms with E-state index in [1.54, 1.807) is 6.20 Å². The van der Waals surface area contributed by atoms with Gasteiger partial charge < -0.3 is 11.1 Å². The van der Waals surface area contributed by atoms with Crippen molar-refractivity contribution in [2.75, 3.05) is 11.1 Å². The molecule has 0 spiro atoms. The van der Waals surface area contributed by atoms with Crippen LogP contribution >= 0.6 is 11.6 Å². The quantitative estimate of drug-likeness (QED) is 0.710. The molecule has 72 valence electrons. The van der Waals surface area contributed by atoms with Gasteiger partial charge in [0.15, 0.2) is 0 Å². The zero-order chi connectivity index (χ0) is 9.97. The zero-order valence-electron chi connectivity index (χ0n) is 7.29. The molecular weight excluding hydrogens is 200 g/mol. The maximum atomic E-state index is 5.83. The molecule has 0 atom stereocenters. The zero-order valence-corrected chi connectivity index (χ0v) is 8.05. The number of nitrogens with two attached hydrogens (primary N) is 1. The molecule has 0 unspecified atom stereocenters. The molecule has 0 saturated heterocycles. The molecule has 0 bridgehead atoms. The minimum atomic E-state index is 0.505. The van der Waals surface area contributed by atoms with E-state index in [4.69, 9.17) is 17.3 Å². The van der Waals surface area contributed by atoms with Gasteiger partial charge >= 0.3 is 0 Å². The van der Waals surface area contributed by atoms with Crippen LogP contribution in [0.1, 0.15) is 0 Å². The van der Waals surface area contributed by atoms with Crippen molar-refractivity contribution in [1.29, 1.82) is 0 Å². The van der Waals surface area contributed by atoms with Crippen LogP contribution in [0.2, 0.25) is 5.02 Å². The summed E-state index contributed by atoms with van der Waals surface area (Å²) in [5, 5.41) is 10.2. The third kappa shape index (κ3) is 1.80. The van der Waals surface area contributed by atoms with Gasteiger partial charge in [0.1, 0.15) is 11.5 Å². The summed E-state index contributed by atoms with van der Waals surface area (Å²) in [6.45, 7) is 0. The average molecular weight is 209 g/mol. The molecular formula is C9H9ClN4. The lowest BCUT2D eigenvalue weighted by Gasteiger charge is -2.04. The molecule has 0 aliphatic rings. The van der Waals surface area contributed by atoms with Crippen LogP contribution in [0.3, 0.4) is 0 Å². The normalized spacial score (nSPS) is 10.1. The number of nitrogen functional groups attached to an aromatic ring is 1. The van der Waals surface area contributed by atoms with Crippen LogP contribution in [-0.4, -0.2) is 10.2 Å². The summed E-state index contributed by atoms with van der Waals surface area (Å²) < 4.78 is 0. The number of rotatable bonds is 2. The molecule has 5 heteroatoms. The Morgan fingerprint density at radius 1 is 1.43 bits per heavy atom. The first kappa shape index (κ1) is 8.90. The summed E-state index contributed by atoms with van der Waals surface area (Å²) in [5.74, 6) is 0.505. The van der Waals surface area contributed by atoms with Crippen LogP contribution in [0.25, 0.3) is 0 Å². The van der Waals surface area contributed by atoms with Crippen molar-refractivity contribution in [1.82, 2.24) is 10.2 Å². The van der Waals surface area contributed by atoms with E-state index in [1.165, 1.54) is 0 Å². The van der Waals surface area contributed by atoms with Gasteiger partial charge in [-0.25, -0.2) is 0 Å². The van der Waals surface area contributed by atoms with Gasteiger partial charge in [-0.1, -0.05) is 17.7 Å². The second kappa shape index (κ2) is 3.59. The van der Waals surface area contributed by atoms with E-state index in [1.807, 2.05) is 24.3 Å². The Hall–Kier alpha value is -1.68. The topological polar surface area (TPSA) is 66.7 Å². The Morgan fingerprint density at radius 3 is 2.93 bits per heavy atom. The molecule has 2 rings (SSSR count). The van der Waals surface area contributed by atoms with Crippen LogP contribution < -0.4 is 11.1 Å². The van der Waals surface area contributed by atoms with Crippen molar-refractivity contribution in [2.24, 2.45) is 0 Å². The van der Waals surface area contributed by atoms with Gasteiger partial charge in [0, 0.05) is 10.7 Å². The van der Waals surface area contributed by atoms with E-state index in [0.29, 0.717) is 10.8 Å². The first-order valence-corrected chi connectivity index (χ1v) is 4.45. The predicted molar refractivity (Wildman–Crippen MR) is 57.7 cm³/mol. The van der Waals surface area contributed by atoms with Gasteiger partial charge in [0.2, 0.25) is 0 Å². The molecule has 2 aromatic rings. The monoisotopic (exact) mass is 208 g/mol. The van der Waals surface area contributed by atoms with Crippen molar-refractivity contribution >= 4 is 28.8 Å². The molecule has 0 fully saturated rings. The Morgan fingerprint density at radius 2 is 2.29 bits per heavy atom. The Kier molecular flexibility index (Phi) is 2.28. The third-order valence-electron chi connectivity index (χ3n) is 1.77. The highest BCUT2D eigenvalue weighted by molar-refractivity contribution is 6.30. The van der Waals surface area contributed by atoms with E-state index in [0.717, 1.165) is 11.4 Å². The summed E-state index contributed by atoms with van der Waals surface area (Å²) in [4.78, 5) is 0. The number of anilines is 3. The molecule has 4 N–H and O–H groups in total. The number of H-pyrrole nitrogens is 1. The lowest BCUT2D eigenvalue weighted by molar-refractivity contribution is 1.10. The average Bonchev–Trinajstić information content (AvgIpc) is 2.52. The van der Waals surface area contributed by atoms with Crippen molar-refractivity contribution in [3.63, 3.8) is 0 Å². The fourth-order valence-electron chi connectivity index (χ4n) is 1.12. The molecule has 14 heavy (non-hydrogen) atoms. The van der Waals surface area contributed by atoms with Crippen molar-refractivity contribution in [3.05, 3.63) is 35.5 Å². The first-order valence-electron chi connectivity index (χ1n) is 4.07. The highest BCUT2D eigenvalue weighted by Crippen LogP contribution is 2.22. The Balaban J connectivity index is 2.23. The van der Waals surface area contributed by atoms with Gasteiger partial charge in [-0.3, -0.25) is 5.10 Å². The van der Waals surface area contributed by atoms with Gasteiger partial charge in [0.05, 0.1) is 6.20 Å². The number of nitrogens with zero attached hydrogens (tertiary/aromatic N) is 1. The molecule has 1 aromatic heterocycles. The first-order chi connectivity index (χ1) is 6.75. The molecule has 1 heterocycles. The maximum Gasteiger partial charge on any atom is 0.143 e. The van der Waals surface area contributed by atoms with Crippen LogP contribution in [0.4, 0.5) is 17.2 Å². The van der Waals surface area contributed by atoms with E-state index in [-0.39, 0.29) is 0 Å². The lowest BCUT2D eigenvalue weighted by atomic mass is 10.3. The summed E-state index contributed by atoms with van der Waals surface area (Å²) in [7, 11) is 0. The number of aromatic amines is 1. The van der Waals surface area contributed by atoms with Gasteiger partial charge in [-0.2, -0.15) is 5.10 Å². The molecule has 4 nitrogen and oxygen atoms in total. The SMILES string of the molecule is Nc1[nH]ncc1Nc1cccc(Cl)c1. The number of hydrogen-bond donors (Lipinski definition) is 3. The van der Waals surface area contributed by atoms with Crippen molar-refractivity contribution in [3.8, 4) is 0 Å². The summed E-state index contributed by atoms with van der Waals surface area (Å²) in [6.07, 6.45) is 1.62. The summed E-state index contributed by atoms with van der Waals surface area (Å²) in [6, 6.07) is 7.39. The van der Waals surface area contributed by atoms with Crippen LogP contribution in [0.5, 0.6) is 0 Å². The van der Waals surface area contributed by atoms with Crippen molar-refractivity contribution in [2.45, 2.75) is 0 Å². The van der Waals surface area contributed by atoms with Crippen LogP contribution in [0, 0.1) is 0 Å². The predicted octanol–water partition coefficient (Wildman–Crippen LogP) is 2.39. The number of hydrogen-bond acceptors (Lipinski definition) is 3. The van der Waals surface area contributed by atoms with Crippen LogP contribution in [-0.2, 0) is 0 Å². The highest BCUT2D eigenvalue weighted by atomic mass is 35.5. The standard InChI is InChI=1S/C9H9ClN4/c10-6-2-1-3-7(4-6)13-8-5-12-14-9(8)11/h1-5,13H,(H3,11,12,14). The maximum absolute atomic E-state index is 5.83.